The van der Waals surface area contributed by atoms with Gasteiger partial charge in [-0.2, -0.15) is 8.78 Å². The summed E-state index contributed by atoms with van der Waals surface area (Å²) in [4.78, 5) is 11.4. The molecule has 0 unspecified atom stereocenters. The molecule has 3 nitrogen and oxygen atoms in total. The molecule has 0 aliphatic carbocycles. The molecule has 0 atom stereocenters. The van der Waals surface area contributed by atoms with Gasteiger partial charge in [-0.3, -0.25) is 4.90 Å². The zero-order valence-corrected chi connectivity index (χ0v) is 7.18. The van der Waals surface area contributed by atoms with Crippen LogP contribution in [-0.4, -0.2) is 41.5 Å². The van der Waals surface area contributed by atoms with Crippen LogP contribution in [0.25, 0.3) is 0 Å². The zero-order chi connectivity index (χ0) is 9.78. The maximum absolute atomic E-state index is 12.5. The number of nitrogens with zero attached hydrogens (tertiary/aromatic N) is 1. The third-order valence-corrected chi connectivity index (χ3v) is 1.63. The van der Waals surface area contributed by atoms with Crippen molar-refractivity contribution in [1.82, 2.24) is 4.90 Å². The number of aliphatic carboxylic acids is 1. The molecule has 0 radical (unpaired) electrons. The van der Waals surface area contributed by atoms with Gasteiger partial charge in [0.2, 0.25) is 0 Å². The summed E-state index contributed by atoms with van der Waals surface area (Å²) in [5.74, 6) is -5.69. The molecule has 0 aromatic rings. The van der Waals surface area contributed by atoms with Gasteiger partial charge in [0.05, 0.1) is 6.54 Å². The maximum atomic E-state index is 12.5. The molecule has 0 fully saturated rings. The Hall–Kier alpha value is -0.710. The molecule has 12 heavy (non-hydrogen) atoms. The third-order valence-electron chi connectivity index (χ3n) is 1.63. The van der Waals surface area contributed by atoms with Gasteiger partial charge >= 0.3 is 11.9 Å². The number of carboxylic acids is 1. The molecule has 0 heterocycles. The first-order valence-corrected chi connectivity index (χ1v) is 3.77. The summed E-state index contributed by atoms with van der Waals surface area (Å²) in [6.07, 6.45) is 0. The normalized spacial score (nSPS) is 12.1. The van der Waals surface area contributed by atoms with Gasteiger partial charge in [-0.1, -0.05) is 13.8 Å². The topological polar surface area (TPSA) is 40.5 Å². The van der Waals surface area contributed by atoms with Crippen molar-refractivity contribution in [3.63, 3.8) is 0 Å². The minimum atomic E-state index is -3.63. The summed E-state index contributed by atoms with van der Waals surface area (Å²) in [6, 6.07) is 0. The summed E-state index contributed by atoms with van der Waals surface area (Å²) >= 11 is 0. The van der Waals surface area contributed by atoms with Gasteiger partial charge < -0.3 is 5.11 Å². The lowest BCUT2D eigenvalue weighted by Crippen LogP contribution is -2.42. The fraction of sp³-hybridized carbons (Fsp3) is 0.857. The van der Waals surface area contributed by atoms with Crippen LogP contribution in [0.5, 0.6) is 0 Å². The van der Waals surface area contributed by atoms with Gasteiger partial charge in [-0.15, -0.1) is 0 Å². The summed E-state index contributed by atoms with van der Waals surface area (Å²) in [5.41, 5.74) is 0. The second-order valence-electron chi connectivity index (χ2n) is 2.47. The molecule has 0 saturated carbocycles. The van der Waals surface area contributed by atoms with Crippen molar-refractivity contribution >= 4 is 5.97 Å². The number of hydrogen-bond acceptors (Lipinski definition) is 2. The Morgan fingerprint density at radius 1 is 1.42 bits per heavy atom. The molecule has 1 N–H and O–H groups in total. The monoisotopic (exact) mass is 181 g/mol. The molecule has 0 bridgehead atoms. The number of carboxylic acid groups (broad SMARTS) is 1. The fourth-order valence-electron chi connectivity index (χ4n) is 0.796. The number of rotatable bonds is 5. The van der Waals surface area contributed by atoms with Crippen molar-refractivity contribution in [3.05, 3.63) is 0 Å². The van der Waals surface area contributed by atoms with E-state index in [2.05, 4.69) is 0 Å². The fourth-order valence-corrected chi connectivity index (χ4v) is 0.796. The van der Waals surface area contributed by atoms with E-state index in [1.54, 1.807) is 13.8 Å². The van der Waals surface area contributed by atoms with Crippen molar-refractivity contribution in [3.8, 4) is 0 Å². The largest absolute Gasteiger partial charge is 0.477 e. The second kappa shape index (κ2) is 4.35. The van der Waals surface area contributed by atoms with Gasteiger partial charge in [0.25, 0.3) is 0 Å². The molecule has 0 rings (SSSR count). The van der Waals surface area contributed by atoms with E-state index in [0.717, 1.165) is 0 Å². The van der Waals surface area contributed by atoms with Gasteiger partial charge in [0.1, 0.15) is 0 Å². The Labute approximate surface area is 70.0 Å². The number of hydrogen-bond donors (Lipinski definition) is 1. The van der Waals surface area contributed by atoms with Crippen LogP contribution in [0.4, 0.5) is 8.78 Å². The van der Waals surface area contributed by atoms with Crippen molar-refractivity contribution < 1.29 is 18.7 Å². The Morgan fingerprint density at radius 3 is 2.08 bits per heavy atom. The van der Waals surface area contributed by atoms with E-state index < -0.39 is 18.4 Å². The highest BCUT2D eigenvalue weighted by atomic mass is 19.3. The van der Waals surface area contributed by atoms with E-state index in [4.69, 9.17) is 5.11 Å². The Kier molecular flexibility index (Phi) is 4.09. The van der Waals surface area contributed by atoms with Crippen LogP contribution < -0.4 is 0 Å². The minimum Gasteiger partial charge on any atom is -0.477 e. The highest BCUT2D eigenvalue weighted by molar-refractivity contribution is 5.75. The van der Waals surface area contributed by atoms with E-state index in [0.29, 0.717) is 13.1 Å². The van der Waals surface area contributed by atoms with E-state index in [1.807, 2.05) is 0 Å². The number of alkyl halides is 2. The lowest BCUT2D eigenvalue weighted by Gasteiger charge is -2.21. The van der Waals surface area contributed by atoms with Crippen LogP contribution in [0.1, 0.15) is 13.8 Å². The lowest BCUT2D eigenvalue weighted by molar-refractivity contribution is -0.167. The maximum Gasteiger partial charge on any atom is 0.375 e. The highest BCUT2D eigenvalue weighted by Crippen LogP contribution is 2.14. The van der Waals surface area contributed by atoms with E-state index >= 15 is 0 Å². The average Bonchev–Trinajstić information content (AvgIpc) is 2.00. The van der Waals surface area contributed by atoms with Gasteiger partial charge in [-0.05, 0) is 13.1 Å². The van der Waals surface area contributed by atoms with E-state index in [9.17, 15) is 13.6 Å². The third kappa shape index (κ3) is 3.13. The van der Waals surface area contributed by atoms with Crippen molar-refractivity contribution in [2.24, 2.45) is 0 Å². The van der Waals surface area contributed by atoms with Crippen LogP contribution in [0, 0.1) is 0 Å². The highest BCUT2D eigenvalue weighted by Gasteiger charge is 2.39. The summed E-state index contributed by atoms with van der Waals surface area (Å²) in [6.45, 7) is 3.57. The first kappa shape index (κ1) is 11.3. The van der Waals surface area contributed by atoms with Crippen LogP contribution in [0.3, 0.4) is 0 Å². The molecular weight excluding hydrogens is 168 g/mol. The second-order valence-corrected chi connectivity index (χ2v) is 2.47. The summed E-state index contributed by atoms with van der Waals surface area (Å²) < 4.78 is 25.1. The van der Waals surface area contributed by atoms with E-state index in [1.165, 1.54) is 4.90 Å². The summed E-state index contributed by atoms with van der Waals surface area (Å²) in [7, 11) is 0. The van der Waals surface area contributed by atoms with Crippen molar-refractivity contribution in [2.75, 3.05) is 19.6 Å². The predicted octanol–water partition coefficient (Wildman–Crippen LogP) is 1.05. The zero-order valence-electron chi connectivity index (χ0n) is 7.18. The predicted molar refractivity (Wildman–Crippen MR) is 40.4 cm³/mol. The van der Waals surface area contributed by atoms with Crippen molar-refractivity contribution in [1.29, 1.82) is 0 Å². The lowest BCUT2D eigenvalue weighted by atomic mass is 10.3. The standard InChI is InChI=1S/C7H13F2NO2/c1-3-10(4-2)5-7(8,9)6(11)12/h3-5H2,1-2H3,(H,11,12). The quantitative estimate of drug-likeness (QED) is 0.689. The number of carbonyl (C=O) groups is 1. The van der Waals surface area contributed by atoms with Crippen LogP contribution >= 0.6 is 0 Å². The minimum absolute atomic E-state index is 0.430. The summed E-state index contributed by atoms with van der Waals surface area (Å²) in [5, 5.41) is 8.10. The molecule has 5 heteroatoms. The van der Waals surface area contributed by atoms with Crippen LogP contribution in [-0.2, 0) is 4.79 Å². The van der Waals surface area contributed by atoms with Crippen LogP contribution in [0.2, 0.25) is 0 Å². The Balaban J connectivity index is 4.12. The SMILES string of the molecule is CCN(CC)CC(F)(F)C(=O)O. The molecule has 0 aromatic carbocycles. The molecule has 0 aromatic heterocycles. The molecule has 0 saturated heterocycles. The van der Waals surface area contributed by atoms with E-state index in [-0.39, 0.29) is 0 Å². The van der Waals surface area contributed by atoms with Gasteiger partial charge in [0, 0.05) is 0 Å². The van der Waals surface area contributed by atoms with Crippen LogP contribution in [0.15, 0.2) is 0 Å². The van der Waals surface area contributed by atoms with Crippen molar-refractivity contribution in [2.45, 2.75) is 19.8 Å². The molecule has 0 spiro atoms. The molecule has 0 aliphatic rings. The number of halogens is 2. The smallest absolute Gasteiger partial charge is 0.375 e. The Bertz CT molecular complexity index is 157. The first-order valence-electron chi connectivity index (χ1n) is 3.77. The molecule has 0 aliphatic heterocycles. The van der Waals surface area contributed by atoms with Gasteiger partial charge in [-0.25, -0.2) is 4.79 Å². The average molecular weight is 181 g/mol. The molecule has 0 amide bonds. The molecular formula is C7H13F2NO2. The van der Waals surface area contributed by atoms with Gasteiger partial charge in [0.15, 0.2) is 0 Å². The molecule has 72 valence electrons. The Morgan fingerprint density at radius 2 is 1.83 bits per heavy atom. The first-order chi connectivity index (χ1) is 5.44.